The Morgan fingerprint density at radius 1 is 1.74 bits per heavy atom. The summed E-state index contributed by atoms with van der Waals surface area (Å²) in [6, 6.07) is -0.402. The van der Waals surface area contributed by atoms with Crippen molar-refractivity contribution in [3.8, 4) is 0 Å². The van der Waals surface area contributed by atoms with Crippen LogP contribution in [0.1, 0.15) is 18.0 Å². The maximum atomic E-state index is 11.7. The van der Waals surface area contributed by atoms with Crippen molar-refractivity contribution < 1.29 is 9.84 Å². The van der Waals surface area contributed by atoms with Gasteiger partial charge in [-0.1, -0.05) is 5.11 Å². The van der Waals surface area contributed by atoms with Crippen molar-refractivity contribution in [2.45, 2.75) is 25.1 Å². The second-order valence-electron chi connectivity index (χ2n) is 4.44. The van der Waals surface area contributed by atoms with Gasteiger partial charge in [-0.15, -0.1) is 0 Å². The first-order valence-corrected chi connectivity index (χ1v) is 5.64. The summed E-state index contributed by atoms with van der Waals surface area (Å²) in [5, 5.41) is 12.7. The minimum absolute atomic E-state index is 0.116. The molecule has 1 aliphatic rings. The number of hydrogen-bond acceptors (Lipinski definition) is 5. The van der Waals surface area contributed by atoms with Crippen molar-refractivity contribution in [3.63, 3.8) is 0 Å². The molecule has 102 valence electrons. The first-order chi connectivity index (χ1) is 9.01. The largest absolute Gasteiger partial charge is 0.393 e. The predicted molar refractivity (Wildman–Crippen MR) is 64.6 cm³/mol. The summed E-state index contributed by atoms with van der Waals surface area (Å²) in [7, 11) is 0. The smallest absolute Gasteiger partial charge is 0.328 e. The third-order valence-electron chi connectivity index (χ3n) is 3.11. The first-order valence-electron chi connectivity index (χ1n) is 5.64. The third kappa shape index (κ3) is 2.39. The Hall–Kier alpha value is -2.09. The summed E-state index contributed by atoms with van der Waals surface area (Å²) in [4.78, 5) is 27.8. The molecule has 1 aromatic heterocycles. The van der Waals surface area contributed by atoms with Gasteiger partial charge in [0.15, 0.2) is 5.72 Å². The minimum atomic E-state index is -1.34. The summed E-state index contributed by atoms with van der Waals surface area (Å²) < 4.78 is 6.62. The quantitative estimate of drug-likeness (QED) is 0.445. The van der Waals surface area contributed by atoms with Gasteiger partial charge in [-0.25, -0.2) is 4.79 Å². The highest BCUT2D eigenvalue weighted by atomic mass is 16.5. The molecule has 0 radical (unpaired) electrons. The average molecular weight is 267 g/mol. The van der Waals surface area contributed by atoms with E-state index in [-0.39, 0.29) is 13.0 Å². The molecule has 0 bridgehead atoms. The number of aliphatic hydroxyl groups is 1. The van der Waals surface area contributed by atoms with E-state index in [1.54, 1.807) is 6.92 Å². The number of azide groups is 1. The van der Waals surface area contributed by atoms with Crippen molar-refractivity contribution in [1.29, 1.82) is 0 Å². The molecule has 0 saturated carbocycles. The van der Waals surface area contributed by atoms with Crippen LogP contribution in [0.25, 0.3) is 10.4 Å². The molecule has 2 atom stereocenters. The molecular formula is C10H13N5O4. The van der Waals surface area contributed by atoms with Crippen LogP contribution in [0.4, 0.5) is 0 Å². The number of aryl methyl sites for hydroxylation is 1. The second-order valence-corrected chi connectivity index (χ2v) is 4.44. The summed E-state index contributed by atoms with van der Waals surface area (Å²) in [5.74, 6) is 0. The molecule has 0 amide bonds. The topological polar surface area (TPSA) is 133 Å². The van der Waals surface area contributed by atoms with Crippen LogP contribution < -0.4 is 11.2 Å². The molecule has 1 aliphatic heterocycles. The molecular weight excluding hydrogens is 254 g/mol. The molecule has 1 fully saturated rings. The summed E-state index contributed by atoms with van der Waals surface area (Å²) >= 11 is 0. The van der Waals surface area contributed by atoms with Crippen molar-refractivity contribution >= 4 is 0 Å². The molecule has 2 heterocycles. The number of H-pyrrole nitrogens is 1. The lowest BCUT2D eigenvalue weighted by molar-refractivity contribution is -0.0331. The highest BCUT2D eigenvalue weighted by molar-refractivity contribution is 5.03. The standard InChI is InChI=1S/C10H13N5O4/c1-6-3-15(9(18)12-8(6)17)7-2-10(5-16,13-14-11)19-4-7/h3,7,16H,2,4-5H2,1H3,(H,12,17,18)/t7-,10-/m1/s1. The normalized spacial score (nSPS) is 26.1. The van der Waals surface area contributed by atoms with E-state index >= 15 is 0 Å². The molecule has 1 aromatic rings. The molecule has 2 rings (SSSR count). The van der Waals surface area contributed by atoms with Crippen LogP contribution in [-0.4, -0.2) is 33.6 Å². The van der Waals surface area contributed by atoms with E-state index in [1.807, 2.05) is 0 Å². The number of rotatable bonds is 3. The zero-order valence-corrected chi connectivity index (χ0v) is 10.2. The van der Waals surface area contributed by atoms with Crippen LogP contribution in [0.15, 0.2) is 20.9 Å². The lowest BCUT2D eigenvalue weighted by Gasteiger charge is -2.19. The van der Waals surface area contributed by atoms with Gasteiger partial charge in [-0.3, -0.25) is 14.3 Å². The van der Waals surface area contributed by atoms with Crippen LogP contribution in [0.2, 0.25) is 0 Å². The number of nitrogens with one attached hydrogen (secondary N) is 1. The molecule has 9 nitrogen and oxygen atoms in total. The van der Waals surface area contributed by atoms with E-state index in [1.165, 1.54) is 10.8 Å². The Balaban J connectivity index is 2.36. The molecule has 19 heavy (non-hydrogen) atoms. The number of hydrogen-bond donors (Lipinski definition) is 2. The van der Waals surface area contributed by atoms with Crippen molar-refractivity contribution in [1.82, 2.24) is 9.55 Å². The fourth-order valence-electron chi connectivity index (χ4n) is 2.07. The SMILES string of the molecule is Cc1cn([C@H]2CO[C@](CO)(N=[N+]=[N-])C2)c(=O)[nH]c1=O. The molecule has 2 N–H and O–H groups in total. The summed E-state index contributed by atoms with van der Waals surface area (Å²) in [6.07, 6.45) is 1.59. The van der Waals surface area contributed by atoms with Gasteiger partial charge in [0.1, 0.15) is 0 Å². The maximum absolute atomic E-state index is 11.7. The maximum Gasteiger partial charge on any atom is 0.328 e. The lowest BCUT2D eigenvalue weighted by atomic mass is 10.1. The second kappa shape index (κ2) is 4.88. The number of aliphatic hydroxyl groups excluding tert-OH is 1. The van der Waals surface area contributed by atoms with Crippen LogP contribution in [0.5, 0.6) is 0 Å². The van der Waals surface area contributed by atoms with Crippen LogP contribution >= 0.6 is 0 Å². The highest BCUT2D eigenvalue weighted by Crippen LogP contribution is 2.33. The highest BCUT2D eigenvalue weighted by Gasteiger charge is 2.40. The fourth-order valence-corrected chi connectivity index (χ4v) is 2.07. The molecule has 9 heteroatoms. The lowest BCUT2D eigenvalue weighted by Crippen LogP contribution is -2.34. The van der Waals surface area contributed by atoms with Gasteiger partial charge in [0.25, 0.3) is 5.56 Å². The van der Waals surface area contributed by atoms with Gasteiger partial charge in [0.2, 0.25) is 0 Å². The van der Waals surface area contributed by atoms with Crippen LogP contribution in [-0.2, 0) is 4.74 Å². The van der Waals surface area contributed by atoms with E-state index in [9.17, 15) is 14.7 Å². The van der Waals surface area contributed by atoms with Crippen LogP contribution in [0, 0.1) is 6.92 Å². The number of aromatic amines is 1. The van der Waals surface area contributed by atoms with Gasteiger partial charge in [-0.2, -0.15) is 0 Å². The average Bonchev–Trinajstić information content (AvgIpc) is 2.79. The summed E-state index contributed by atoms with van der Waals surface area (Å²) in [6.45, 7) is 1.23. The Bertz CT molecular complexity index is 644. The van der Waals surface area contributed by atoms with E-state index in [2.05, 4.69) is 15.0 Å². The van der Waals surface area contributed by atoms with Crippen molar-refractivity contribution in [2.75, 3.05) is 13.2 Å². The third-order valence-corrected chi connectivity index (χ3v) is 3.11. The fraction of sp³-hybridized carbons (Fsp3) is 0.600. The van der Waals surface area contributed by atoms with Crippen molar-refractivity contribution in [3.05, 3.63) is 43.0 Å². The molecule has 0 aromatic carbocycles. The van der Waals surface area contributed by atoms with Crippen LogP contribution in [0.3, 0.4) is 0 Å². The molecule has 0 aliphatic carbocycles. The zero-order valence-electron chi connectivity index (χ0n) is 10.2. The van der Waals surface area contributed by atoms with Crippen molar-refractivity contribution in [2.24, 2.45) is 5.11 Å². The monoisotopic (exact) mass is 267 g/mol. The van der Waals surface area contributed by atoms with E-state index in [4.69, 9.17) is 10.3 Å². The molecule has 0 unspecified atom stereocenters. The van der Waals surface area contributed by atoms with Gasteiger partial charge < -0.3 is 9.84 Å². The summed E-state index contributed by atoms with van der Waals surface area (Å²) in [5.41, 5.74) is 6.52. The number of nitrogens with zero attached hydrogens (tertiary/aromatic N) is 4. The Morgan fingerprint density at radius 2 is 2.47 bits per heavy atom. The predicted octanol–water partition coefficient (Wildman–Crippen LogP) is -0.195. The van der Waals surface area contributed by atoms with Gasteiger partial charge in [0, 0.05) is 23.1 Å². The minimum Gasteiger partial charge on any atom is -0.393 e. The Morgan fingerprint density at radius 3 is 3.11 bits per heavy atom. The number of aromatic nitrogens is 2. The molecule has 0 spiro atoms. The van der Waals surface area contributed by atoms with E-state index in [0.29, 0.717) is 5.56 Å². The van der Waals surface area contributed by atoms with Gasteiger partial charge >= 0.3 is 5.69 Å². The van der Waals surface area contributed by atoms with Gasteiger partial charge in [0.05, 0.1) is 19.3 Å². The molecule has 1 saturated heterocycles. The van der Waals surface area contributed by atoms with E-state index < -0.39 is 29.6 Å². The number of ether oxygens (including phenoxy) is 1. The Kier molecular flexibility index (Phi) is 3.43. The van der Waals surface area contributed by atoms with Gasteiger partial charge in [-0.05, 0) is 12.5 Å². The zero-order chi connectivity index (χ0) is 14.0. The van der Waals surface area contributed by atoms with E-state index in [0.717, 1.165) is 0 Å². The first kappa shape index (κ1) is 13.3. The Labute approximate surface area is 107 Å².